The van der Waals surface area contributed by atoms with Crippen LogP contribution in [0.25, 0.3) is 0 Å². The molecule has 1 heterocycles. The Morgan fingerprint density at radius 3 is 1.95 bits per heavy atom. The van der Waals surface area contributed by atoms with Crippen molar-refractivity contribution in [1.82, 2.24) is 0 Å². The average molecular weight is 388 g/mol. The molecule has 0 aromatic heterocycles. The van der Waals surface area contributed by atoms with Crippen LogP contribution in [0.3, 0.4) is 0 Å². The van der Waals surface area contributed by atoms with Crippen molar-refractivity contribution in [2.75, 3.05) is 0 Å². The summed E-state index contributed by atoms with van der Waals surface area (Å²) in [5.41, 5.74) is -0.114. The van der Waals surface area contributed by atoms with Gasteiger partial charge in [-0.25, -0.2) is 4.39 Å². The quantitative estimate of drug-likeness (QED) is 0.440. The highest BCUT2D eigenvalue weighted by molar-refractivity contribution is 14.1. The SMILES string of the molecule is CC1(C)OB(c2ccc(C3(F)CC3I)cc2)OC1(C)C. The minimum Gasteiger partial charge on any atom is -0.399 e. The summed E-state index contributed by atoms with van der Waals surface area (Å²) in [7, 11) is -0.376. The summed E-state index contributed by atoms with van der Waals surface area (Å²) in [6.07, 6.45) is 0.614. The molecule has 2 atom stereocenters. The van der Waals surface area contributed by atoms with E-state index in [1.54, 1.807) is 0 Å². The van der Waals surface area contributed by atoms with Crippen molar-refractivity contribution >= 4 is 35.2 Å². The summed E-state index contributed by atoms with van der Waals surface area (Å²) in [5, 5.41) is 0. The molecule has 0 amide bonds. The molecule has 2 nitrogen and oxygen atoms in total. The molecule has 108 valence electrons. The molecule has 3 rings (SSSR count). The lowest BCUT2D eigenvalue weighted by molar-refractivity contribution is 0.00578. The normalized spacial score (nSPS) is 34.3. The van der Waals surface area contributed by atoms with Gasteiger partial charge in [-0.2, -0.15) is 0 Å². The first kappa shape index (κ1) is 14.8. The molecular formula is C15H19BFIO2. The Morgan fingerprint density at radius 1 is 1.10 bits per heavy atom. The number of halogens is 2. The highest BCUT2D eigenvalue weighted by atomic mass is 127. The van der Waals surface area contributed by atoms with Gasteiger partial charge in [0.25, 0.3) is 0 Å². The Morgan fingerprint density at radius 2 is 1.55 bits per heavy atom. The van der Waals surface area contributed by atoms with E-state index in [4.69, 9.17) is 9.31 Å². The number of alkyl halides is 2. The van der Waals surface area contributed by atoms with E-state index in [0.29, 0.717) is 6.42 Å². The number of hydrogen-bond acceptors (Lipinski definition) is 2. The van der Waals surface area contributed by atoms with Crippen molar-refractivity contribution in [2.45, 2.75) is 54.9 Å². The van der Waals surface area contributed by atoms with Crippen LogP contribution in [0.4, 0.5) is 4.39 Å². The monoisotopic (exact) mass is 388 g/mol. The molecular weight excluding hydrogens is 369 g/mol. The third kappa shape index (κ3) is 2.22. The molecule has 1 aliphatic carbocycles. The van der Waals surface area contributed by atoms with Gasteiger partial charge >= 0.3 is 7.12 Å². The van der Waals surface area contributed by atoms with Crippen molar-refractivity contribution in [3.8, 4) is 0 Å². The summed E-state index contributed by atoms with van der Waals surface area (Å²) in [6, 6.07) is 7.55. The lowest BCUT2D eigenvalue weighted by Gasteiger charge is -2.32. The number of rotatable bonds is 2. The topological polar surface area (TPSA) is 18.5 Å². The van der Waals surface area contributed by atoms with Crippen molar-refractivity contribution in [3.63, 3.8) is 0 Å². The maximum Gasteiger partial charge on any atom is 0.494 e. The highest BCUT2D eigenvalue weighted by Crippen LogP contribution is 2.54. The van der Waals surface area contributed by atoms with E-state index < -0.39 is 5.67 Å². The van der Waals surface area contributed by atoms with E-state index >= 15 is 0 Å². The molecule has 1 aromatic carbocycles. The third-order valence-corrected chi connectivity index (χ3v) is 6.16. The smallest absolute Gasteiger partial charge is 0.399 e. The van der Waals surface area contributed by atoms with E-state index in [1.165, 1.54) is 0 Å². The second-order valence-corrected chi connectivity index (χ2v) is 8.25. The third-order valence-electron chi connectivity index (χ3n) is 4.73. The fourth-order valence-electron chi connectivity index (χ4n) is 2.40. The zero-order valence-electron chi connectivity index (χ0n) is 12.2. The van der Waals surface area contributed by atoms with E-state index in [-0.39, 0.29) is 22.2 Å². The van der Waals surface area contributed by atoms with Gasteiger partial charge in [0, 0.05) is 6.42 Å². The molecule has 5 heteroatoms. The van der Waals surface area contributed by atoms with Crippen molar-refractivity contribution < 1.29 is 13.7 Å². The summed E-state index contributed by atoms with van der Waals surface area (Å²) >= 11 is 2.17. The van der Waals surface area contributed by atoms with Gasteiger partial charge in [-0.15, -0.1) is 0 Å². The van der Waals surface area contributed by atoms with Crippen LogP contribution in [0.15, 0.2) is 24.3 Å². The second-order valence-electron chi connectivity index (χ2n) is 6.74. The molecule has 0 radical (unpaired) electrons. The van der Waals surface area contributed by atoms with Crippen LogP contribution in [-0.4, -0.2) is 22.2 Å². The predicted molar refractivity (Wildman–Crippen MR) is 87.4 cm³/mol. The molecule has 1 saturated carbocycles. The van der Waals surface area contributed by atoms with Gasteiger partial charge in [0.15, 0.2) is 0 Å². The van der Waals surface area contributed by atoms with Gasteiger partial charge in [-0.05, 0) is 38.7 Å². The molecule has 1 aliphatic heterocycles. The van der Waals surface area contributed by atoms with Gasteiger partial charge in [0.2, 0.25) is 0 Å². The largest absolute Gasteiger partial charge is 0.494 e. The minimum atomic E-state index is -1.13. The summed E-state index contributed by atoms with van der Waals surface area (Å²) in [5.74, 6) is 0. The fourth-order valence-corrected chi connectivity index (χ4v) is 3.40. The fraction of sp³-hybridized carbons (Fsp3) is 0.600. The average Bonchev–Trinajstić information content (AvgIpc) is 2.89. The van der Waals surface area contributed by atoms with E-state index in [1.807, 2.05) is 52.0 Å². The van der Waals surface area contributed by atoms with Crippen LogP contribution in [0.1, 0.15) is 39.7 Å². The first-order chi connectivity index (χ1) is 9.16. The summed E-state index contributed by atoms with van der Waals surface area (Å²) in [4.78, 5) is 0. The lowest BCUT2D eigenvalue weighted by Crippen LogP contribution is -2.41. The minimum absolute atomic E-state index is 0.0998. The van der Waals surface area contributed by atoms with Crippen molar-refractivity contribution in [3.05, 3.63) is 29.8 Å². The molecule has 0 N–H and O–H groups in total. The van der Waals surface area contributed by atoms with Crippen LogP contribution < -0.4 is 5.46 Å². The number of hydrogen-bond donors (Lipinski definition) is 0. The van der Waals surface area contributed by atoms with Crippen molar-refractivity contribution in [1.29, 1.82) is 0 Å². The zero-order chi connectivity index (χ0) is 14.8. The number of benzene rings is 1. The Bertz CT molecular complexity index is 515. The predicted octanol–water partition coefficient (Wildman–Crippen LogP) is 3.36. The van der Waals surface area contributed by atoms with Gasteiger partial charge in [-0.1, -0.05) is 46.9 Å². The standard InChI is InChI=1S/C15H19BFIO2/c1-13(2)14(3,4)20-16(19-13)11-7-5-10(6-8-11)15(17)9-12(15)18/h5-8,12H,9H2,1-4H3. The first-order valence-electron chi connectivity index (χ1n) is 6.95. The van der Waals surface area contributed by atoms with Crippen LogP contribution in [0.5, 0.6) is 0 Å². The molecule has 20 heavy (non-hydrogen) atoms. The Labute approximate surface area is 133 Å². The molecule has 2 unspecified atom stereocenters. The van der Waals surface area contributed by atoms with Crippen LogP contribution in [-0.2, 0) is 15.0 Å². The molecule has 0 spiro atoms. The maximum atomic E-state index is 14.3. The van der Waals surface area contributed by atoms with E-state index in [9.17, 15) is 4.39 Å². The van der Waals surface area contributed by atoms with Crippen molar-refractivity contribution in [2.24, 2.45) is 0 Å². The van der Waals surface area contributed by atoms with E-state index in [0.717, 1.165) is 11.0 Å². The second kappa shape index (κ2) is 4.43. The molecule has 1 aromatic rings. The highest BCUT2D eigenvalue weighted by Gasteiger charge is 2.55. The molecule has 2 aliphatic rings. The van der Waals surface area contributed by atoms with Gasteiger partial charge in [0.05, 0.1) is 15.1 Å². The molecule has 0 bridgehead atoms. The Kier molecular flexibility index (Phi) is 3.28. The van der Waals surface area contributed by atoms with Gasteiger partial charge < -0.3 is 9.31 Å². The Hall–Kier alpha value is -0.135. The summed E-state index contributed by atoms with van der Waals surface area (Å²) in [6.45, 7) is 8.12. The van der Waals surface area contributed by atoms with Gasteiger partial charge in [-0.3, -0.25) is 0 Å². The molecule has 1 saturated heterocycles. The maximum absolute atomic E-state index is 14.3. The summed E-state index contributed by atoms with van der Waals surface area (Å²) < 4.78 is 26.4. The zero-order valence-corrected chi connectivity index (χ0v) is 14.4. The van der Waals surface area contributed by atoms with Crippen LogP contribution in [0, 0.1) is 0 Å². The van der Waals surface area contributed by atoms with Crippen LogP contribution in [0.2, 0.25) is 0 Å². The van der Waals surface area contributed by atoms with E-state index in [2.05, 4.69) is 22.6 Å². The van der Waals surface area contributed by atoms with Crippen LogP contribution >= 0.6 is 22.6 Å². The van der Waals surface area contributed by atoms with Gasteiger partial charge in [0.1, 0.15) is 5.67 Å². The lowest BCUT2D eigenvalue weighted by atomic mass is 9.78. The first-order valence-corrected chi connectivity index (χ1v) is 8.19. The molecule has 2 fully saturated rings. The Balaban J connectivity index is 1.80.